The van der Waals surface area contributed by atoms with Crippen LogP contribution in [0.4, 0.5) is 17.1 Å². The quantitative estimate of drug-likeness (QED) is 0.170. The summed E-state index contributed by atoms with van der Waals surface area (Å²) >= 11 is 1.95. The molecule has 2 heterocycles. The van der Waals surface area contributed by atoms with Gasteiger partial charge in [-0.25, -0.2) is 0 Å². The predicted molar refractivity (Wildman–Crippen MR) is 217 cm³/mol. The molecule has 10 rings (SSSR count). The predicted octanol–water partition coefficient (Wildman–Crippen LogP) is 12.3. The van der Waals surface area contributed by atoms with E-state index in [4.69, 9.17) is 0 Å². The van der Waals surface area contributed by atoms with E-state index in [-0.39, 0.29) is 0 Å². The van der Waals surface area contributed by atoms with Gasteiger partial charge in [-0.05, 0) is 96.6 Å². The number of nitrogens with zero attached hydrogens (tertiary/aromatic N) is 1. The Bertz CT molecular complexity index is 2760. The molecule has 49 heavy (non-hydrogen) atoms. The molecule has 8 aromatic carbocycles. The molecule has 3 heteroatoms. The SMILES string of the molecule is C[Si]1(C)c2ccc3c(sc4ccccc43)c2-c2cccc(N(c3ccc(-c4ccc5ccccc5c4)cc3)c3ccc4ccccc4c3)c21. The number of hydrogen-bond acceptors (Lipinski definition) is 2. The molecule has 9 aromatic rings. The highest BCUT2D eigenvalue weighted by Gasteiger charge is 2.42. The van der Waals surface area contributed by atoms with Crippen LogP contribution in [0.15, 0.2) is 164 Å². The van der Waals surface area contributed by atoms with Crippen LogP contribution in [0.25, 0.3) is 64.0 Å². The number of benzene rings is 8. The molecule has 0 unspecified atom stereocenters. The lowest BCUT2D eigenvalue weighted by atomic mass is 10.00. The van der Waals surface area contributed by atoms with E-state index in [0.717, 1.165) is 0 Å². The third-order valence-electron chi connectivity index (χ3n) is 10.6. The molecule has 1 aliphatic rings. The maximum absolute atomic E-state index is 2.54. The Morgan fingerprint density at radius 2 is 1.14 bits per heavy atom. The van der Waals surface area contributed by atoms with Gasteiger partial charge in [0.15, 0.2) is 0 Å². The average Bonchev–Trinajstić information content (AvgIpc) is 3.64. The van der Waals surface area contributed by atoms with Crippen LogP contribution in [0.1, 0.15) is 0 Å². The first kappa shape index (κ1) is 28.5. The summed E-state index contributed by atoms with van der Waals surface area (Å²) in [6, 6.07) is 60.9. The zero-order valence-corrected chi connectivity index (χ0v) is 29.3. The van der Waals surface area contributed by atoms with Gasteiger partial charge in [0, 0.05) is 37.2 Å². The second-order valence-corrected chi connectivity index (χ2v) is 19.1. The second-order valence-electron chi connectivity index (χ2n) is 13.8. The molecular formula is C46H33NSSi. The van der Waals surface area contributed by atoms with Gasteiger partial charge in [-0.1, -0.05) is 134 Å². The molecule has 1 nitrogen and oxygen atoms in total. The molecule has 0 bridgehead atoms. The third kappa shape index (κ3) is 4.36. The number of anilines is 3. The fourth-order valence-corrected chi connectivity index (χ4v) is 12.9. The van der Waals surface area contributed by atoms with E-state index in [9.17, 15) is 0 Å². The van der Waals surface area contributed by atoms with Gasteiger partial charge in [0.25, 0.3) is 0 Å². The maximum Gasteiger partial charge on any atom is 0.116 e. The molecular weight excluding hydrogens is 627 g/mol. The topological polar surface area (TPSA) is 3.24 Å². The van der Waals surface area contributed by atoms with Crippen molar-refractivity contribution in [3.05, 3.63) is 164 Å². The molecule has 0 amide bonds. The van der Waals surface area contributed by atoms with Crippen LogP contribution in [-0.2, 0) is 0 Å². The lowest BCUT2D eigenvalue weighted by molar-refractivity contribution is 1.30. The summed E-state index contributed by atoms with van der Waals surface area (Å²) in [4.78, 5) is 2.51. The van der Waals surface area contributed by atoms with Crippen molar-refractivity contribution in [1.29, 1.82) is 0 Å². The lowest BCUT2D eigenvalue weighted by Gasteiger charge is -2.31. The van der Waals surface area contributed by atoms with Crippen LogP contribution >= 0.6 is 11.3 Å². The van der Waals surface area contributed by atoms with E-state index in [1.807, 2.05) is 11.3 Å². The van der Waals surface area contributed by atoms with Crippen molar-refractivity contribution < 1.29 is 0 Å². The summed E-state index contributed by atoms with van der Waals surface area (Å²) < 4.78 is 2.78. The van der Waals surface area contributed by atoms with Crippen LogP contribution in [0.3, 0.4) is 0 Å². The molecule has 232 valence electrons. The van der Waals surface area contributed by atoms with E-state index < -0.39 is 8.07 Å². The van der Waals surface area contributed by atoms with E-state index in [0.29, 0.717) is 0 Å². The Kier molecular flexibility index (Phi) is 6.26. The lowest BCUT2D eigenvalue weighted by Crippen LogP contribution is -2.50. The minimum Gasteiger partial charge on any atom is -0.311 e. The summed E-state index contributed by atoms with van der Waals surface area (Å²) in [6.07, 6.45) is 0. The fraction of sp³-hybridized carbons (Fsp3) is 0.0435. The van der Waals surface area contributed by atoms with Crippen molar-refractivity contribution >= 4 is 88.6 Å². The Hall–Kier alpha value is -5.48. The smallest absolute Gasteiger partial charge is 0.116 e. The summed E-state index contributed by atoms with van der Waals surface area (Å²) in [7, 11) is -2.10. The number of hydrogen-bond donors (Lipinski definition) is 0. The minimum atomic E-state index is -2.10. The number of thiophene rings is 1. The monoisotopic (exact) mass is 659 g/mol. The van der Waals surface area contributed by atoms with E-state index in [1.165, 1.54) is 86.2 Å². The minimum absolute atomic E-state index is 1.17. The molecule has 0 saturated heterocycles. The Labute approximate surface area is 291 Å². The molecule has 0 atom stereocenters. The molecule has 0 N–H and O–H groups in total. The van der Waals surface area contributed by atoms with Gasteiger partial charge in [0.1, 0.15) is 8.07 Å². The zero-order chi connectivity index (χ0) is 32.7. The highest BCUT2D eigenvalue weighted by atomic mass is 32.1. The van der Waals surface area contributed by atoms with Crippen molar-refractivity contribution in [3.8, 4) is 22.3 Å². The Balaban J connectivity index is 1.18. The van der Waals surface area contributed by atoms with Crippen LogP contribution in [0.2, 0.25) is 13.1 Å². The van der Waals surface area contributed by atoms with Gasteiger partial charge >= 0.3 is 0 Å². The van der Waals surface area contributed by atoms with Crippen molar-refractivity contribution in [2.24, 2.45) is 0 Å². The van der Waals surface area contributed by atoms with Crippen molar-refractivity contribution in [3.63, 3.8) is 0 Å². The third-order valence-corrected chi connectivity index (χ3v) is 15.3. The van der Waals surface area contributed by atoms with Crippen molar-refractivity contribution in [2.75, 3.05) is 4.90 Å². The van der Waals surface area contributed by atoms with E-state index >= 15 is 0 Å². The van der Waals surface area contributed by atoms with Crippen LogP contribution in [0, 0.1) is 0 Å². The summed E-state index contributed by atoms with van der Waals surface area (Å²) in [6.45, 7) is 5.09. The first-order valence-electron chi connectivity index (χ1n) is 17.0. The van der Waals surface area contributed by atoms with Gasteiger partial charge in [0.05, 0.1) is 0 Å². The molecule has 0 fully saturated rings. The van der Waals surface area contributed by atoms with Gasteiger partial charge in [-0.2, -0.15) is 0 Å². The summed E-state index contributed by atoms with van der Waals surface area (Å²) in [5.74, 6) is 0. The standard InChI is InChI=1S/C46H33NSSi/c1-49(2)43-27-26-39-38-14-7-8-17-42(38)48-45(39)44(43)40-15-9-16-41(46(40)49)47(37-25-22-31-11-4-6-13-34(31)29-37)36-23-20-32(21-24-36)35-19-18-30-10-3-5-12-33(30)28-35/h3-29H,1-2H3. The molecule has 0 spiro atoms. The first-order chi connectivity index (χ1) is 24.0. The highest BCUT2D eigenvalue weighted by Crippen LogP contribution is 2.45. The molecule has 1 aliphatic heterocycles. The van der Waals surface area contributed by atoms with Gasteiger partial charge in [-0.15, -0.1) is 11.3 Å². The number of fused-ring (bicyclic) bond motifs is 9. The van der Waals surface area contributed by atoms with Crippen LogP contribution in [0.5, 0.6) is 0 Å². The van der Waals surface area contributed by atoms with E-state index in [2.05, 4.69) is 182 Å². The van der Waals surface area contributed by atoms with Crippen molar-refractivity contribution in [2.45, 2.75) is 13.1 Å². The molecule has 0 saturated carbocycles. The zero-order valence-electron chi connectivity index (χ0n) is 27.4. The summed E-state index contributed by atoms with van der Waals surface area (Å²) in [5.41, 5.74) is 8.95. The molecule has 0 aliphatic carbocycles. The van der Waals surface area contributed by atoms with Crippen LogP contribution in [-0.4, -0.2) is 8.07 Å². The maximum atomic E-state index is 2.54. The van der Waals surface area contributed by atoms with E-state index in [1.54, 1.807) is 5.19 Å². The Morgan fingerprint density at radius 3 is 1.94 bits per heavy atom. The normalized spacial score (nSPS) is 13.3. The van der Waals surface area contributed by atoms with Gasteiger partial charge in [0.2, 0.25) is 0 Å². The van der Waals surface area contributed by atoms with Gasteiger partial charge < -0.3 is 4.90 Å². The Morgan fingerprint density at radius 1 is 0.490 bits per heavy atom. The van der Waals surface area contributed by atoms with Crippen LogP contribution < -0.4 is 15.3 Å². The fourth-order valence-electron chi connectivity index (χ4n) is 8.22. The average molecular weight is 660 g/mol. The van der Waals surface area contributed by atoms with Gasteiger partial charge in [-0.3, -0.25) is 0 Å². The number of rotatable bonds is 4. The molecule has 0 radical (unpaired) electrons. The van der Waals surface area contributed by atoms with Crippen molar-refractivity contribution in [1.82, 2.24) is 0 Å². The summed E-state index contributed by atoms with van der Waals surface area (Å²) in [5, 5.41) is 10.8. The molecule has 1 aromatic heterocycles. The largest absolute Gasteiger partial charge is 0.311 e. The second kappa shape index (κ2) is 10.8. The highest BCUT2D eigenvalue weighted by molar-refractivity contribution is 7.26. The first-order valence-corrected chi connectivity index (χ1v) is 20.8.